The van der Waals surface area contributed by atoms with Gasteiger partial charge in [0.05, 0.1) is 0 Å². The minimum atomic E-state index is -0.726. The molecular formula is C20H23N3O3. The zero-order chi connectivity index (χ0) is 19.1. The van der Waals surface area contributed by atoms with Crippen molar-refractivity contribution >= 4 is 23.4 Å². The lowest BCUT2D eigenvalue weighted by Crippen LogP contribution is -2.41. The van der Waals surface area contributed by atoms with E-state index in [0.29, 0.717) is 23.4 Å². The van der Waals surface area contributed by atoms with E-state index in [0.717, 1.165) is 5.56 Å². The maximum atomic E-state index is 12.3. The fourth-order valence-corrected chi connectivity index (χ4v) is 2.38. The highest BCUT2D eigenvalue weighted by atomic mass is 16.2. The first-order valence-electron chi connectivity index (χ1n) is 8.47. The molecule has 0 aliphatic rings. The average molecular weight is 353 g/mol. The van der Waals surface area contributed by atoms with Gasteiger partial charge in [0, 0.05) is 23.4 Å². The summed E-state index contributed by atoms with van der Waals surface area (Å²) in [7, 11) is 0. The van der Waals surface area contributed by atoms with E-state index in [2.05, 4.69) is 16.0 Å². The first-order chi connectivity index (χ1) is 12.4. The lowest BCUT2D eigenvalue weighted by molar-refractivity contribution is -0.117. The highest BCUT2D eigenvalue weighted by molar-refractivity contribution is 6.02. The summed E-state index contributed by atoms with van der Waals surface area (Å²) in [5.74, 6) is -0.879. The number of carbonyl (C=O) groups is 3. The predicted molar refractivity (Wildman–Crippen MR) is 101 cm³/mol. The molecule has 0 saturated carbocycles. The van der Waals surface area contributed by atoms with E-state index in [-0.39, 0.29) is 17.7 Å². The van der Waals surface area contributed by atoms with Gasteiger partial charge >= 0.3 is 0 Å². The minimum Gasteiger partial charge on any atom is -0.352 e. The summed E-state index contributed by atoms with van der Waals surface area (Å²) < 4.78 is 0. The normalized spacial score (nSPS) is 11.3. The molecule has 0 aliphatic carbocycles. The molecule has 6 heteroatoms. The molecule has 0 heterocycles. The SMILES string of the molecule is CCNC(=O)c1cccc(NC(=O)[C@@H](C)NC(=O)c2cccc(C)c2)c1. The molecule has 136 valence electrons. The van der Waals surface area contributed by atoms with E-state index >= 15 is 0 Å². The number of carbonyl (C=O) groups excluding carboxylic acids is 3. The first-order valence-corrected chi connectivity index (χ1v) is 8.47. The topological polar surface area (TPSA) is 87.3 Å². The van der Waals surface area contributed by atoms with Crippen LogP contribution in [0.1, 0.15) is 40.1 Å². The van der Waals surface area contributed by atoms with Crippen LogP contribution in [0.5, 0.6) is 0 Å². The first kappa shape index (κ1) is 19.2. The summed E-state index contributed by atoms with van der Waals surface area (Å²) in [6.07, 6.45) is 0. The largest absolute Gasteiger partial charge is 0.352 e. The highest BCUT2D eigenvalue weighted by Crippen LogP contribution is 2.11. The van der Waals surface area contributed by atoms with Crippen LogP contribution in [0.4, 0.5) is 5.69 Å². The molecule has 26 heavy (non-hydrogen) atoms. The molecule has 0 aromatic heterocycles. The zero-order valence-corrected chi connectivity index (χ0v) is 15.1. The molecule has 2 aromatic rings. The van der Waals surface area contributed by atoms with Gasteiger partial charge < -0.3 is 16.0 Å². The summed E-state index contributed by atoms with van der Waals surface area (Å²) in [6, 6.07) is 13.1. The molecule has 0 aliphatic heterocycles. The van der Waals surface area contributed by atoms with Crippen LogP contribution >= 0.6 is 0 Å². The van der Waals surface area contributed by atoms with Crippen LogP contribution in [0.3, 0.4) is 0 Å². The monoisotopic (exact) mass is 353 g/mol. The Labute approximate surface area is 153 Å². The Morgan fingerprint density at radius 2 is 1.62 bits per heavy atom. The zero-order valence-electron chi connectivity index (χ0n) is 15.1. The van der Waals surface area contributed by atoms with Gasteiger partial charge in [-0.3, -0.25) is 14.4 Å². The van der Waals surface area contributed by atoms with Crippen LogP contribution in [0, 0.1) is 6.92 Å². The van der Waals surface area contributed by atoms with Crippen molar-refractivity contribution in [2.75, 3.05) is 11.9 Å². The Balaban J connectivity index is 1.99. The van der Waals surface area contributed by atoms with Crippen LogP contribution in [0.2, 0.25) is 0 Å². The van der Waals surface area contributed by atoms with Crippen molar-refractivity contribution in [2.24, 2.45) is 0 Å². The Kier molecular flexibility index (Phi) is 6.49. The minimum absolute atomic E-state index is 0.204. The third kappa shape index (κ3) is 5.17. The molecule has 2 aromatic carbocycles. The van der Waals surface area contributed by atoms with E-state index < -0.39 is 6.04 Å². The van der Waals surface area contributed by atoms with Crippen molar-refractivity contribution < 1.29 is 14.4 Å². The maximum absolute atomic E-state index is 12.3. The molecule has 3 N–H and O–H groups in total. The predicted octanol–water partition coefficient (Wildman–Crippen LogP) is 2.50. The number of anilines is 1. The molecule has 0 fully saturated rings. The molecule has 6 nitrogen and oxygen atoms in total. The van der Waals surface area contributed by atoms with Gasteiger partial charge in [-0.25, -0.2) is 0 Å². The van der Waals surface area contributed by atoms with Crippen LogP contribution in [0.25, 0.3) is 0 Å². The third-order valence-electron chi connectivity index (χ3n) is 3.75. The fourth-order valence-electron chi connectivity index (χ4n) is 2.38. The lowest BCUT2D eigenvalue weighted by Gasteiger charge is -2.15. The molecule has 1 atom stereocenters. The maximum Gasteiger partial charge on any atom is 0.251 e. The lowest BCUT2D eigenvalue weighted by atomic mass is 10.1. The molecule has 0 unspecified atom stereocenters. The van der Waals surface area contributed by atoms with Crippen molar-refractivity contribution in [2.45, 2.75) is 26.8 Å². The van der Waals surface area contributed by atoms with E-state index in [4.69, 9.17) is 0 Å². The number of hydrogen-bond acceptors (Lipinski definition) is 3. The van der Waals surface area contributed by atoms with Gasteiger partial charge in [0.25, 0.3) is 11.8 Å². The van der Waals surface area contributed by atoms with Gasteiger partial charge in [0.15, 0.2) is 0 Å². The Hall–Kier alpha value is -3.15. The fraction of sp³-hybridized carbons (Fsp3) is 0.250. The summed E-state index contributed by atoms with van der Waals surface area (Å²) in [5.41, 5.74) is 2.43. The third-order valence-corrected chi connectivity index (χ3v) is 3.75. The van der Waals surface area contributed by atoms with E-state index in [1.165, 1.54) is 0 Å². The van der Waals surface area contributed by atoms with E-state index in [1.54, 1.807) is 49.4 Å². The molecule has 3 amide bonds. The molecular weight excluding hydrogens is 330 g/mol. The van der Waals surface area contributed by atoms with Crippen molar-refractivity contribution in [1.82, 2.24) is 10.6 Å². The average Bonchev–Trinajstić information content (AvgIpc) is 2.62. The molecule has 2 rings (SSSR count). The van der Waals surface area contributed by atoms with Gasteiger partial charge in [0.1, 0.15) is 6.04 Å². The van der Waals surface area contributed by atoms with Gasteiger partial charge in [-0.15, -0.1) is 0 Å². The Morgan fingerprint density at radius 3 is 2.27 bits per heavy atom. The van der Waals surface area contributed by atoms with Crippen LogP contribution in [-0.4, -0.2) is 30.3 Å². The van der Waals surface area contributed by atoms with Gasteiger partial charge in [-0.1, -0.05) is 23.8 Å². The van der Waals surface area contributed by atoms with Gasteiger partial charge in [-0.2, -0.15) is 0 Å². The van der Waals surface area contributed by atoms with E-state index in [1.807, 2.05) is 19.9 Å². The van der Waals surface area contributed by atoms with Crippen molar-refractivity contribution in [1.29, 1.82) is 0 Å². The number of benzene rings is 2. The second-order valence-electron chi connectivity index (χ2n) is 5.99. The second kappa shape index (κ2) is 8.80. The summed E-state index contributed by atoms with van der Waals surface area (Å²) >= 11 is 0. The number of rotatable bonds is 6. The standard InChI is InChI=1S/C20H23N3O3/c1-4-21-19(25)16-9-6-10-17(12-16)23-18(24)14(3)22-20(26)15-8-5-7-13(2)11-15/h5-12,14H,4H2,1-3H3,(H,21,25)(H,22,26)(H,23,24)/t14-/m1/s1. The van der Waals surface area contributed by atoms with Crippen LogP contribution in [0.15, 0.2) is 48.5 Å². The Bertz CT molecular complexity index is 817. The molecule has 0 spiro atoms. The number of hydrogen-bond donors (Lipinski definition) is 3. The highest BCUT2D eigenvalue weighted by Gasteiger charge is 2.17. The van der Waals surface area contributed by atoms with Gasteiger partial charge in [0.2, 0.25) is 5.91 Å². The number of amides is 3. The number of aryl methyl sites for hydroxylation is 1. The Morgan fingerprint density at radius 1 is 0.962 bits per heavy atom. The summed E-state index contributed by atoms with van der Waals surface area (Å²) in [6.45, 7) is 5.87. The summed E-state index contributed by atoms with van der Waals surface area (Å²) in [5, 5.41) is 8.09. The van der Waals surface area contributed by atoms with Crippen molar-refractivity contribution in [3.8, 4) is 0 Å². The van der Waals surface area contributed by atoms with Crippen molar-refractivity contribution in [3.05, 3.63) is 65.2 Å². The van der Waals surface area contributed by atoms with Crippen molar-refractivity contribution in [3.63, 3.8) is 0 Å². The summed E-state index contributed by atoms with van der Waals surface area (Å²) in [4.78, 5) is 36.4. The molecule has 0 radical (unpaired) electrons. The second-order valence-corrected chi connectivity index (χ2v) is 5.99. The van der Waals surface area contributed by atoms with Crippen LogP contribution in [-0.2, 0) is 4.79 Å². The smallest absolute Gasteiger partial charge is 0.251 e. The number of nitrogens with one attached hydrogen (secondary N) is 3. The molecule has 0 bridgehead atoms. The quantitative estimate of drug-likeness (QED) is 0.746. The van der Waals surface area contributed by atoms with Crippen LogP contribution < -0.4 is 16.0 Å². The molecule has 0 saturated heterocycles. The van der Waals surface area contributed by atoms with E-state index in [9.17, 15) is 14.4 Å². The van der Waals surface area contributed by atoms with Gasteiger partial charge in [-0.05, 0) is 51.1 Å².